The molecular weight excluding hydrogens is 205 g/mol. The van der Waals surface area contributed by atoms with E-state index in [1.807, 2.05) is 25.1 Å². The number of hydrogen-bond donors (Lipinski definition) is 1. The SMILES string of the molecule is CN(C)c1cc(F)ccc1C1(CO)CCC1. The maximum Gasteiger partial charge on any atom is 0.125 e. The molecule has 0 aliphatic heterocycles. The van der Waals surface area contributed by atoms with E-state index in [4.69, 9.17) is 0 Å². The standard InChI is InChI=1S/C13H18FNO/c1-15(2)12-8-10(14)4-5-11(12)13(9-16)6-3-7-13/h4-5,8,16H,3,6-7,9H2,1-2H3. The minimum atomic E-state index is -0.222. The Morgan fingerprint density at radius 2 is 2.06 bits per heavy atom. The summed E-state index contributed by atoms with van der Waals surface area (Å²) >= 11 is 0. The van der Waals surface area contributed by atoms with E-state index in [0.717, 1.165) is 30.5 Å². The number of aliphatic hydroxyl groups is 1. The third kappa shape index (κ3) is 1.69. The Balaban J connectivity index is 2.47. The highest BCUT2D eigenvalue weighted by Crippen LogP contribution is 2.46. The van der Waals surface area contributed by atoms with E-state index >= 15 is 0 Å². The molecular formula is C13H18FNO. The van der Waals surface area contributed by atoms with Gasteiger partial charge in [-0.15, -0.1) is 0 Å². The van der Waals surface area contributed by atoms with Crippen molar-refractivity contribution in [3.63, 3.8) is 0 Å². The lowest BCUT2D eigenvalue weighted by molar-refractivity contribution is 0.120. The largest absolute Gasteiger partial charge is 0.395 e. The molecule has 0 aromatic heterocycles. The van der Waals surface area contributed by atoms with Crippen molar-refractivity contribution >= 4 is 5.69 Å². The molecule has 0 saturated heterocycles. The maximum atomic E-state index is 13.2. The molecule has 1 aliphatic carbocycles. The van der Waals surface area contributed by atoms with E-state index in [1.54, 1.807) is 6.07 Å². The molecule has 16 heavy (non-hydrogen) atoms. The van der Waals surface area contributed by atoms with Crippen LogP contribution in [0.25, 0.3) is 0 Å². The predicted molar refractivity (Wildman–Crippen MR) is 63.3 cm³/mol. The van der Waals surface area contributed by atoms with E-state index in [-0.39, 0.29) is 17.8 Å². The molecule has 1 aromatic rings. The summed E-state index contributed by atoms with van der Waals surface area (Å²) in [5, 5.41) is 9.55. The maximum absolute atomic E-state index is 13.2. The van der Waals surface area contributed by atoms with E-state index in [9.17, 15) is 9.50 Å². The molecule has 0 bridgehead atoms. The lowest BCUT2D eigenvalue weighted by Gasteiger charge is -2.42. The summed E-state index contributed by atoms with van der Waals surface area (Å²) in [5.74, 6) is -0.222. The number of halogens is 1. The lowest BCUT2D eigenvalue weighted by Crippen LogP contribution is -2.39. The van der Waals surface area contributed by atoms with Crippen LogP contribution in [0.4, 0.5) is 10.1 Å². The van der Waals surface area contributed by atoms with Crippen LogP contribution >= 0.6 is 0 Å². The molecule has 88 valence electrons. The van der Waals surface area contributed by atoms with Gasteiger partial charge in [-0.25, -0.2) is 4.39 Å². The van der Waals surface area contributed by atoms with Crippen molar-refractivity contribution in [1.82, 2.24) is 0 Å². The van der Waals surface area contributed by atoms with Crippen LogP contribution in [0.1, 0.15) is 24.8 Å². The molecule has 2 nitrogen and oxygen atoms in total. The Hall–Kier alpha value is -1.09. The Labute approximate surface area is 95.7 Å². The third-order valence-electron chi connectivity index (χ3n) is 3.63. The van der Waals surface area contributed by atoms with E-state index in [1.165, 1.54) is 6.07 Å². The zero-order valence-electron chi connectivity index (χ0n) is 9.83. The Kier molecular flexibility index (Phi) is 2.89. The number of aliphatic hydroxyl groups excluding tert-OH is 1. The van der Waals surface area contributed by atoms with Gasteiger partial charge in [0.2, 0.25) is 0 Å². The molecule has 2 rings (SSSR count). The molecule has 0 unspecified atom stereocenters. The average Bonchev–Trinajstić information content (AvgIpc) is 2.19. The van der Waals surface area contributed by atoms with E-state index in [2.05, 4.69) is 0 Å². The minimum Gasteiger partial charge on any atom is -0.395 e. The summed E-state index contributed by atoms with van der Waals surface area (Å²) in [7, 11) is 3.81. The van der Waals surface area contributed by atoms with Crippen molar-refractivity contribution < 1.29 is 9.50 Å². The molecule has 1 saturated carbocycles. The summed E-state index contributed by atoms with van der Waals surface area (Å²) in [6.07, 6.45) is 3.14. The smallest absolute Gasteiger partial charge is 0.125 e. The fourth-order valence-electron chi connectivity index (χ4n) is 2.44. The molecule has 1 aromatic carbocycles. The molecule has 3 heteroatoms. The first-order chi connectivity index (χ1) is 7.59. The molecule has 0 spiro atoms. The minimum absolute atomic E-state index is 0.132. The van der Waals surface area contributed by atoms with Gasteiger partial charge >= 0.3 is 0 Å². The molecule has 0 atom stereocenters. The van der Waals surface area contributed by atoms with Crippen LogP contribution < -0.4 is 4.90 Å². The van der Waals surface area contributed by atoms with Crippen LogP contribution in [-0.4, -0.2) is 25.8 Å². The van der Waals surface area contributed by atoms with Crippen molar-refractivity contribution in [1.29, 1.82) is 0 Å². The molecule has 0 radical (unpaired) electrons. The Morgan fingerprint density at radius 1 is 1.38 bits per heavy atom. The summed E-state index contributed by atoms with van der Waals surface area (Å²) in [6, 6.07) is 4.85. The van der Waals surface area contributed by atoms with Crippen molar-refractivity contribution in [3.8, 4) is 0 Å². The normalized spacial score (nSPS) is 18.0. The zero-order valence-corrected chi connectivity index (χ0v) is 9.83. The first kappa shape index (κ1) is 11.4. The van der Waals surface area contributed by atoms with Gasteiger partial charge in [0, 0.05) is 25.2 Å². The van der Waals surface area contributed by atoms with Crippen molar-refractivity contribution in [2.45, 2.75) is 24.7 Å². The van der Waals surface area contributed by atoms with E-state index in [0.29, 0.717) is 0 Å². The van der Waals surface area contributed by atoms with Gasteiger partial charge in [0.25, 0.3) is 0 Å². The summed E-state index contributed by atoms with van der Waals surface area (Å²) in [5.41, 5.74) is 1.83. The highest BCUT2D eigenvalue weighted by Gasteiger charge is 2.39. The van der Waals surface area contributed by atoms with Gasteiger partial charge in [-0.1, -0.05) is 12.5 Å². The lowest BCUT2D eigenvalue weighted by atomic mass is 9.64. The fraction of sp³-hybridized carbons (Fsp3) is 0.538. The molecule has 0 amide bonds. The molecule has 1 fully saturated rings. The van der Waals surface area contributed by atoms with Crippen LogP contribution in [0.3, 0.4) is 0 Å². The first-order valence-corrected chi connectivity index (χ1v) is 5.67. The highest BCUT2D eigenvalue weighted by molar-refractivity contribution is 5.57. The number of benzene rings is 1. The Morgan fingerprint density at radius 3 is 2.50 bits per heavy atom. The van der Waals surface area contributed by atoms with Gasteiger partial charge in [0.1, 0.15) is 5.82 Å². The topological polar surface area (TPSA) is 23.5 Å². The zero-order chi connectivity index (χ0) is 11.8. The number of hydrogen-bond acceptors (Lipinski definition) is 2. The summed E-state index contributed by atoms with van der Waals surface area (Å²) < 4.78 is 13.2. The second kappa shape index (κ2) is 4.06. The first-order valence-electron chi connectivity index (χ1n) is 5.67. The van der Waals surface area contributed by atoms with Gasteiger partial charge in [0.05, 0.1) is 6.61 Å². The highest BCUT2D eigenvalue weighted by atomic mass is 19.1. The van der Waals surface area contributed by atoms with Crippen LogP contribution in [0.15, 0.2) is 18.2 Å². The van der Waals surface area contributed by atoms with Gasteiger partial charge in [-0.3, -0.25) is 0 Å². The van der Waals surface area contributed by atoms with Crippen molar-refractivity contribution in [3.05, 3.63) is 29.6 Å². The quantitative estimate of drug-likeness (QED) is 0.850. The number of rotatable bonds is 3. The average molecular weight is 223 g/mol. The van der Waals surface area contributed by atoms with Crippen LogP contribution in [-0.2, 0) is 5.41 Å². The van der Waals surface area contributed by atoms with Crippen LogP contribution in [0.2, 0.25) is 0 Å². The van der Waals surface area contributed by atoms with Gasteiger partial charge in [-0.2, -0.15) is 0 Å². The third-order valence-corrected chi connectivity index (χ3v) is 3.63. The molecule has 1 N–H and O–H groups in total. The van der Waals surface area contributed by atoms with Crippen LogP contribution in [0.5, 0.6) is 0 Å². The Bertz CT molecular complexity index is 380. The summed E-state index contributed by atoms with van der Waals surface area (Å²) in [6.45, 7) is 0.152. The molecule has 1 aliphatic rings. The molecule has 0 heterocycles. The van der Waals surface area contributed by atoms with Gasteiger partial charge < -0.3 is 10.0 Å². The number of nitrogens with zero attached hydrogens (tertiary/aromatic N) is 1. The van der Waals surface area contributed by atoms with Gasteiger partial charge in [-0.05, 0) is 30.5 Å². The number of anilines is 1. The summed E-state index contributed by atoms with van der Waals surface area (Å²) in [4.78, 5) is 1.91. The van der Waals surface area contributed by atoms with Crippen molar-refractivity contribution in [2.24, 2.45) is 0 Å². The van der Waals surface area contributed by atoms with Crippen LogP contribution in [0, 0.1) is 5.82 Å². The van der Waals surface area contributed by atoms with E-state index < -0.39 is 0 Å². The second-order valence-electron chi connectivity index (χ2n) is 4.85. The monoisotopic (exact) mass is 223 g/mol. The fourth-order valence-corrected chi connectivity index (χ4v) is 2.44. The van der Waals surface area contributed by atoms with Gasteiger partial charge in [0.15, 0.2) is 0 Å². The second-order valence-corrected chi connectivity index (χ2v) is 4.85. The van der Waals surface area contributed by atoms with Crippen molar-refractivity contribution in [2.75, 3.05) is 25.6 Å². The predicted octanol–water partition coefficient (Wildman–Crippen LogP) is 2.31.